The van der Waals surface area contributed by atoms with Gasteiger partial charge < -0.3 is 4.90 Å². The monoisotopic (exact) mass is 397 g/mol. The van der Waals surface area contributed by atoms with E-state index in [-0.39, 0.29) is 30.0 Å². The van der Waals surface area contributed by atoms with E-state index in [1.165, 1.54) is 0 Å². The van der Waals surface area contributed by atoms with E-state index >= 15 is 0 Å². The van der Waals surface area contributed by atoms with Gasteiger partial charge in [0.15, 0.2) is 9.84 Å². The van der Waals surface area contributed by atoms with Crippen molar-refractivity contribution in [1.82, 2.24) is 4.90 Å². The van der Waals surface area contributed by atoms with Gasteiger partial charge in [0.05, 0.1) is 22.1 Å². The number of carbonyl (C=O) groups is 1. The minimum Gasteiger partial charge on any atom is -0.330 e. The van der Waals surface area contributed by atoms with Crippen LogP contribution in [0.1, 0.15) is 22.3 Å². The summed E-state index contributed by atoms with van der Waals surface area (Å²) in [5.41, 5.74) is 1.22. The van der Waals surface area contributed by atoms with E-state index < -0.39 is 9.84 Å². The third kappa shape index (κ3) is 4.35. The fourth-order valence-corrected chi connectivity index (χ4v) is 5.17. The molecular weight excluding hydrogens is 381 g/mol. The van der Waals surface area contributed by atoms with E-state index in [9.17, 15) is 13.2 Å². The van der Waals surface area contributed by atoms with Gasteiger partial charge in [0.25, 0.3) is 5.91 Å². The van der Waals surface area contributed by atoms with Crippen LogP contribution < -0.4 is 0 Å². The molecule has 1 aliphatic heterocycles. The summed E-state index contributed by atoms with van der Waals surface area (Å²) in [4.78, 5) is 14.7. The van der Waals surface area contributed by atoms with Crippen molar-refractivity contribution in [3.63, 3.8) is 0 Å². The number of carbonyl (C=O) groups excluding carboxylic acids is 1. The first-order valence-corrected chi connectivity index (χ1v) is 10.4. The fraction of sp³-hybridized carbons (Fsp3) is 0.278. The van der Waals surface area contributed by atoms with Crippen molar-refractivity contribution < 1.29 is 13.2 Å². The van der Waals surface area contributed by atoms with Crippen LogP contribution in [0.5, 0.6) is 0 Å². The van der Waals surface area contributed by atoms with Gasteiger partial charge in [-0.1, -0.05) is 47.5 Å². The van der Waals surface area contributed by atoms with Crippen molar-refractivity contribution in [3.8, 4) is 0 Å². The Balaban J connectivity index is 1.94. The Kier molecular flexibility index (Phi) is 5.37. The summed E-state index contributed by atoms with van der Waals surface area (Å²) in [5, 5.41) is 0.922. The highest BCUT2D eigenvalue weighted by Crippen LogP contribution is 2.25. The van der Waals surface area contributed by atoms with Crippen LogP contribution in [0.3, 0.4) is 0 Å². The number of halogens is 2. The Bertz CT molecular complexity index is 899. The minimum absolute atomic E-state index is 0.0240. The molecule has 1 atom stereocenters. The topological polar surface area (TPSA) is 54.5 Å². The Morgan fingerprint density at radius 3 is 2.52 bits per heavy atom. The van der Waals surface area contributed by atoms with Crippen LogP contribution in [-0.2, 0) is 16.4 Å². The molecule has 4 nitrogen and oxygen atoms in total. The summed E-state index contributed by atoms with van der Waals surface area (Å²) in [6.45, 7) is 0.283. The van der Waals surface area contributed by atoms with E-state index in [1.54, 1.807) is 47.4 Å². The zero-order valence-corrected chi connectivity index (χ0v) is 15.7. The molecule has 2 aromatic rings. The van der Waals surface area contributed by atoms with Crippen LogP contribution in [0.15, 0.2) is 48.5 Å². The van der Waals surface area contributed by atoms with E-state index in [1.807, 2.05) is 6.07 Å². The SMILES string of the molecule is O=C(c1ccccc1Cl)N(Cc1cccc(Cl)c1)[C@H]1CCS(=O)(=O)C1. The number of benzene rings is 2. The van der Waals surface area contributed by atoms with Crippen molar-refractivity contribution in [2.75, 3.05) is 11.5 Å². The summed E-state index contributed by atoms with van der Waals surface area (Å²) in [6, 6.07) is 13.6. The molecule has 0 aliphatic carbocycles. The highest BCUT2D eigenvalue weighted by Gasteiger charge is 2.35. The van der Waals surface area contributed by atoms with Gasteiger partial charge in [0.1, 0.15) is 0 Å². The van der Waals surface area contributed by atoms with Gasteiger partial charge in [-0.25, -0.2) is 8.42 Å². The van der Waals surface area contributed by atoms with Crippen LogP contribution in [0, 0.1) is 0 Å². The van der Waals surface area contributed by atoms with Crippen LogP contribution >= 0.6 is 23.2 Å². The molecule has 25 heavy (non-hydrogen) atoms. The highest BCUT2D eigenvalue weighted by molar-refractivity contribution is 7.91. The van der Waals surface area contributed by atoms with E-state index in [0.29, 0.717) is 22.0 Å². The van der Waals surface area contributed by atoms with Crippen molar-refractivity contribution in [3.05, 3.63) is 69.7 Å². The van der Waals surface area contributed by atoms with E-state index in [2.05, 4.69) is 0 Å². The number of hydrogen-bond donors (Lipinski definition) is 0. The maximum atomic E-state index is 13.1. The predicted octanol–water partition coefficient (Wildman–Crippen LogP) is 3.82. The van der Waals surface area contributed by atoms with Gasteiger partial charge in [-0.3, -0.25) is 4.79 Å². The molecule has 2 aromatic carbocycles. The Morgan fingerprint density at radius 1 is 1.12 bits per heavy atom. The average molecular weight is 398 g/mol. The molecule has 1 fully saturated rings. The molecule has 0 spiro atoms. The summed E-state index contributed by atoms with van der Waals surface area (Å²) in [7, 11) is -3.12. The smallest absolute Gasteiger partial charge is 0.255 e. The normalized spacial score (nSPS) is 18.9. The van der Waals surface area contributed by atoms with Crippen LogP contribution in [0.2, 0.25) is 10.0 Å². The molecule has 1 amide bonds. The molecule has 0 unspecified atom stereocenters. The molecule has 0 radical (unpaired) electrons. The third-order valence-corrected chi connectivity index (χ3v) is 6.57. The van der Waals surface area contributed by atoms with Gasteiger partial charge in [0, 0.05) is 17.6 Å². The summed E-state index contributed by atoms with van der Waals surface area (Å²) in [6.07, 6.45) is 0.430. The zero-order valence-electron chi connectivity index (χ0n) is 13.4. The maximum Gasteiger partial charge on any atom is 0.255 e. The summed E-state index contributed by atoms with van der Waals surface area (Å²) >= 11 is 12.2. The van der Waals surface area contributed by atoms with Gasteiger partial charge in [-0.05, 0) is 36.2 Å². The molecule has 1 heterocycles. The number of rotatable bonds is 4. The van der Waals surface area contributed by atoms with Gasteiger partial charge >= 0.3 is 0 Å². The maximum absolute atomic E-state index is 13.1. The quantitative estimate of drug-likeness (QED) is 0.787. The molecular formula is C18H17Cl2NO3S. The standard InChI is InChI=1S/C18H17Cl2NO3S/c19-14-5-3-4-13(10-14)11-21(15-8-9-25(23,24)12-15)18(22)16-6-1-2-7-17(16)20/h1-7,10,15H,8-9,11-12H2/t15-/m0/s1. The first-order valence-electron chi connectivity index (χ1n) is 7.86. The van der Waals surface area contributed by atoms with Crippen molar-refractivity contribution in [2.45, 2.75) is 19.0 Å². The van der Waals surface area contributed by atoms with Crippen molar-refractivity contribution >= 4 is 38.9 Å². The Hall–Kier alpha value is -1.56. The number of hydrogen-bond acceptors (Lipinski definition) is 3. The highest BCUT2D eigenvalue weighted by atomic mass is 35.5. The second-order valence-electron chi connectivity index (χ2n) is 6.10. The molecule has 0 N–H and O–H groups in total. The molecule has 0 bridgehead atoms. The van der Waals surface area contributed by atoms with Crippen LogP contribution in [0.25, 0.3) is 0 Å². The fourth-order valence-electron chi connectivity index (χ4n) is 3.01. The first kappa shape index (κ1) is 18.2. The molecule has 1 saturated heterocycles. The molecule has 7 heteroatoms. The molecule has 132 valence electrons. The van der Waals surface area contributed by atoms with Gasteiger partial charge in [-0.15, -0.1) is 0 Å². The molecule has 3 rings (SSSR count). The first-order chi connectivity index (χ1) is 11.9. The lowest BCUT2D eigenvalue weighted by Crippen LogP contribution is -2.40. The molecule has 0 saturated carbocycles. The Labute approximate surface area is 157 Å². The van der Waals surface area contributed by atoms with E-state index in [4.69, 9.17) is 23.2 Å². The number of amides is 1. The average Bonchev–Trinajstić information content (AvgIpc) is 2.92. The zero-order chi connectivity index (χ0) is 18.0. The molecule has 0 aromatic heterocycles. The number of sulfone groups is 1. The largest absolute Gasteiger partial charge is 0.330 e. The van der Waals surface area contributed by atoms with Gasteiger partial charge in [0.2, 0.25) is 0 Å². The summed E-state index contributed by atoms with van der Waals surface area (Å²) in [5.74, 6) is -0.198. The van der Waals surface area contributed by atoms with Crippen LogP contribution in [-0.4, -0.2) is 36.8 Å². The second kappa shape index (κ2) is 7.36. The minimum atomic E-state index is -3.12. The van der Waals surface area contributed by atoms with Crippen molar-refractivity contribution in [1.29, 1.82) is 0 Å². The predicted molar refractivity (Wildman–Crippen MR) is 99.8 cm³/mol. The third-order valence-electron chi connectivity index (χ3n) is 4.26. The lowest BCUT2D eigenvalue weighted by molar-refractivity contribution is 0.0681. The van der Waals surface area contributed by atoms with E-state index in [0.717, 1.165) is 5.56 Å². The van der Waals surface area contributed by atoms with Crippen LogP contribution in [0.4, 0.5) is 0 Å². The lowest BCUT2D eigenvalue weighted by atomic mass is 10.1. The summed E-state index contributed by atoms with van der Waals surface area (Å²) < 4.78 is 23.8. The van der Waals surface area contributed by atoms with Crippen molar-refractivity contribution in [2.24, 2.45) is 0 Å². The number of nitrogens with zero attached hydrogens (tertiary/aromatic N) is 1. The van der Waals surface area contributed by atoms with Gasteiger partial charge in [-0.2, -0.15) is 0 Å². The Morgan fingerprint density at radius 2 is 1.88 bits per heavy atom. The lowest BCUT2D eigenvalue weighted by Gasteiger charge is -2.29. The second-order valence-corrected chi connectivity index (χ2v) is 9.17. The molecule has 1 aliphatic rings.